The molecular weight excluding hydrogens is 396 g/mol. The summed E-state index contributed by atoms with van der Waals surface area (Å²) in [5, 5.41) is 0.529. The highest BCUT2D eigenvalue weighted by Crippen LogP contribution is 2.29. The Kier molecular flexibility index (Phi) is 4.34. The van der Waals surface area contributed by atoms with Gasteiger partial charge in [-0.3, -0.25) is 4.79 Å². The van der Waals surface area contributed by atoms with Crippen LogP contribution in [0.3, 0.4) is 0 Å². The van der Waals surface area contributed by atoms with E-state index in [-0.39, 0.29) is 5.43 Å². The first-order chi connectivity index (χ1) is 12.7. The standard InChI is InChI=1S/C20H15BrN2O3/c1-25-15-6-7-16-18(10-15)26-20(13-2-4-14(21)5-3-13)17(19(16)24)11-23-9-8-22-12-23/h2-10,12H,11H2,1H3. The van der Waals surface area contributed by atoms with E-state index in [0.717, 1.165) is 10.0 Å². The van der Waals surface area contributed by atoms with Crippen molar-refractivity contribution in [3.05, 3.63) is 81.4 Å². The van der Waals surface area contributed by atoms with Crippen LogP contribution in [-0.2, 0) is 6.54 Å². The summed E-state index contributed by atoms with van der Waals surface area (Å²) in [6, 6.07) is 12.9. The van der Waals surface area contributed by atoms with E-state index < -0.39 is 0 Å². The molecule has 0 aliphatic heterocycles. The van der Waals surface area contributed by atoms with E-state index in [1.807, 2.05) is 35.0 Å². The smallest absolute Gasteiger partial charge is 0.198 e. The number of benzene rings is 2. The van der Waals surface area contributed by atoms with Gasteiger partial charge < -0.3 is 13.7 Å². The van der Waals surface area contributed by atoms with E-state index in [1.165, 1.54) is 0 Å². The van der Waals surface area contributed by atoms with Crippen molar-refractivity contribution in [3.8, 4) is 17.1 Å². The second-order valence-electron chi connectivity index (χ2n) is 5.84. The Hall–Kier alpha value is -2.86. The molecule has 0 saturated heterocycles. The Balaban J connectivity index is 1.98. The number of hydrogen-bond acceptors (Lipinski definition) is 4. The topological polar surface area (TPSA) is 57.3 Å². The van der Waals surface area contributed by atoms with E-state index >= 15 is 0 Å². The third kappa shape index (κ3) is 3.04. The minimum atomic E-state index is -0.0551. The Bertz CT molecular complexity index is 1120. The molecule has 0 spiro atoms. The molecule has 2 heterocycles. The van der Waals surface area contributed by atoms with Crippen LogP contribution in [0.1, 0.15) is 5.56 Å². The molecule has 6 heteroatoms. The zero-order chi connectivity index (χ0) is 18.1. The van der Waals surface area contributed by atoms with Crippen molar-refractivity contribution in [2.24, 2.45) is 0 Å². The van der Waals surface area contributed by atoms with Crippen LogP contribution in [0.15, 0.2) is 74.9 Å². The molecule has 0 N–H and O–H groups in total. The molecule has 0 unspecified atom stereocenters. The lowest BCUT2D eigenvalue weighted by molar-refractivity contribution is 0.414. The molecule has 130 valence electrons. The van der Waals surface area contributed by atoms with Gasteiger partial charge in [-0.05, 0) is 24.3 Å². The monoisotopic (exact) mass is 410 g/mol. The number of nitrogens with zero attached hydrogens (tertiary/aromatic N) is 2. The highest BCUT2D eigenvalue weighted by atomic mass is 79.9. The zero-order valence-corrected chi connectivity index (χ0v) is 15.6. The summed E-state index contributed by atoms with van der Waals surface area (Å²) < 4.78 is 14.2. The molecule has 0 amide bonds. The van der Waals surface area contributed by atoms with Crippen molar-refractivity contribution >= 4 is 26.9 Å². The fraction of sp³-hybridized carbons (Fsp3) is 0.100. The van der Waals surface area contributed by atoms with Gasteiger partial charge in [-0.2, -0.15) is 0 Å². The Morgan fingerprint density at radius 1 is 1.19 bits per heavy atom. The van der Waals surface area contributed by atoms with Gasteiger partial charge in [0, 0.05) is 28.5 Å². The molecule has 0 aliphatic carbocycles. The molecule has 5 nitrogen and oxygen atoms in total. The van der Waals surface area contributed by atoms with E-state index in [2.05, 4.69) is 20.9 Å². The molecule has 26 heavy (non-hydrogen) atoms. The van der Waals surface area contributed by atoms with Gasteiger partial charge in [0.1, 0.15) is 17.1 Å². The van der Waals surface area contributed by atoms with Gasteiger partial charge >= 0.3 is 0 Å². The lowest BCUT2D eigenvalue weighted by Gasteiger charge is -2.11. The van der Waals surface area contributed by atoms with Crippen LogP contribution in [0.25, 0.3) is 22.3 Å². The predicted molar refractivity (Wildman–Crippen MR) is 104 cm³/mol. The maximum Gasteiger partial charge on any atom is 0.198 e. The summed E-state index contributed by atoms with van der Waals surface area (Å²) in [6.07, 6.45) is 5.19. The van der Waals surface area contributed by atoms with Crippen LogP contribution in [0.5, 0.6) is 5.75 Å². The highest BCUT2D eigenvalue weighted by Gasteiger charge is 2.17. The number of methoxy groups -OCH3 is 1. The van der Waals surface area contributed by atoms with E-state index in [1.54, 1.807) is 37.8 Å². The SMILES string of the molecule is COc1ccc2c(=O)c(Cn3ccnc3)c(-c3ccc(Br)cc3)oc2c1. The summed E-state index contributed by atoms with van der Waals surface area (Å²) in [7, 11) is 1.59. The number of halogens is 1. The third-order valence-corrected chi connectivity index (χ3v) is 4.73. The lowest BCUT2D eigenvalue weighted by Crippen LogP contribution is -2.14. The summed E-state index contributed by atoms with van der Waals surface area (Å²) in [6.45, 7) is 0.385. The molecule has 0 bridgehead atoms. The second kappa shape index (κ2) is 6.80. The number of hydrogen-bond donors (Lipinski definition) is 0. The summed E-state index contributed by atoms with van der Waals surface area (Å²) >= 11 is 3.44. The van der Waals surface area contributed by atoms with Crippen LogP contribution >= 0.6 is 15.9 Å². The Labute approximate surface area is 158 Å². The van der Waals surface area contributed by atoms with Gasteiger partial charge in [0.25, 0.3) is 0 Å². The van der Waals surface area contributed by atoms with Gasteiger partial charge in [0.05, 0.1) is 30.9 Å². The maximum absolute atomic E-state index is 13.2. The normalized spacial score (nSPS) is 11.0. The molecule has 0 saturated carbocycles. The van der Waals surface area contributed by atoms with Crippen molar-refractivity contribution in [1.29, 1.82) is 0 Å². The maximum atomic E-state index is 13.2. The number of aromatic nitrogens is 2. The van der Waals surface area contributed by atoms with Crippen molar-refractivity contribution < 1.29 is 9.15 Å². The largest absolute Gasteiger partial charge is 0.497 e. The van der Waals surface area contributed by atoms with Gasteiger partial charge in [-0.25, -0.2) is 4.98 Å². The quantitative estimate of drug-likeness (QED) is 0.497. The first-order valence-corrected chi connectivity index (χ1v) is 8.80. The van der Waals surface area contributed by atoms with Crippen LogP contribution in [-0.4, -0.2) is 16.7 Å². The van der Waals surface area contributed by atoms with Gasteiger partial charge in [0.15, 0.2) is 5.43 Å². The second-order valence-corrected chi connectivity index (χ2v) is 6.76. The number of fused-ring (bicyclic) bond motifs is 1. The van der Waals surface area contributed by atoms with Gasteiger partial charge in [0.2, 0.25) is 0 Å². The average Bonchev–Trinajstić information content (AvgIpc) is 3.17. The minimum absolute atomic E-state index is 0.0551. The van der Waals surface area contributed by atoms with Crippen LogP contribution in [0.4, 0.5) is 0 Å². The molecule has 4 rings (SSSR count). The van der Waals surface area contributed by atoms with E-state index in [4.69, 9.17) is 9.15 Å². The fourth-order valence-electron chi connectivity index (χ4n) is 2.88. The molecule has 4 aromatic rings. The van der Waals surface area contributed by atoms with Gasteiger partial charge in [-0.15, -0.1) is 0 Å². The molecule has 0 fully saturated rings. The van der Waals surface area contributed by atoms with Crippen molar-refractivity contribution in [2.75, 3.05) is 7.11 Å². The lowest BCUT2D eigenvalue weighted by atomic mass is 10.0. The highest BCUT2D eigenvalue weighted by molar-refractivity contribution is 9.10. The third-order valence-electron chi connectivity index (χ3n) is 4.20. The molecule has 0 atom stereocenters. The zero-order valence-electron chi connectivity index (χ0n) is 14.0. The Morgan fingerprint density at radius 2 is 2.00 bits per heavy atom. The van der Waals surface area contributed by atoms with E-state index in [0.29, 0.717) is 34.6 Å². The van der Waals surface area contributed by atoms with Crippen LogP contribution in [0.2, 0.25) is 0 Å². The minimum Gasteiger partial charge on any atom is -0.497 e. The van der Waals surface area contributed by atoms with Crippen molar-refractivity contribution in [2.45, 2.75) is 6.54 Å². The first-order valence-electron chi connectivity index (χ1n) is 8.01. The number of ether oxygens (including phenoxy) is 1. The summed E-state index contributed by atoms with van der Waals surface area (Å²) in [5.74, 6) is 1.20. The molecule has 2 aromatic heterocycles. The Morgan fingerprint density at radius 3 is 2.69 bits per heavy atom. The first kappa shape index (κ1) is 16.6. The predicted octanol–water partition coefficient (Wildman–Crippen LogP) is 4.48. The summed E-state index contributed by atoms with van der Waals surface area (Å²) in [4.78, 5) is 17.2. The fourth-order valence-corrected chi connectivity index (χ4v) is 3.14. The van der Waals surface area contributed by atoms with Gasteiger partial charge in [-0.1, -0.05) is 28.1 Å². The molecular formula is C20H15BrN2O3. The van der Waals surface area contributed by atoms with Crippen molar-refractivity contribution in [3.63, 3.8) is 0 Å². The van der Waals surface area contributed by atoms with Crippen molar-refractivity contribution in [1.82, 2.24) is 9.55 Å². The molecule has 0 aliphatic rings. The summed E-state index contributed by atoms with van der Waals surface area (Å²) in [5.41, 5.74) is 1.87. The number of imidazole rings is 1. The number of rotatable bonds is 4. The van der Waals surface area contributed by atoms with E-state index in [9.17, 15) is 4.79 Å². The molecule has 2 aromatic carbocycles. The molecule has 0 radical (unpaired) electrons. The van der Waals surface area contributed by atoms with Crippen LogP contribution in [0, 0.1) is 0 Å². The average molecular weight is 411 g/mol. The van der Waals surface area contributed by atoms with Crippen LogP contribution < -0.4 is 10.2 Å².